The van der Waals surface area contributed by atoms with E-state index in [1.165, 1.54) is 0 Å². The lowest BCUT2D eigenvalue weighted by atomic mass is 10.1. The first-order chi connectivity index (χ1) is 6.65. The van der Waals surface area contributed by atoms with Gasteiger partial charge in [-0.3, -0.25) is 0 Å². The summed E-state index contributed by atoms with van der Waals surface area (Å²) in [6.45, 7) is 4.47. The molecule has 0 heterocycles. The van der Waals surface area contributed by atoms with Crippen LogP contribution in [0.3, 0.4) is 0 Å². The molecule has 1 unspecified atom stereocenters. The number of hydrogen-bond donors (Lipinski definition) is 3. The van der Waals surface area contributed by atoms with E-state index < -0.39 is 0 Å². The van der Waals surface area contributed by atoms with Gasteiger partial charge in [0.2, 0.25) is 0 Å². The largest absolute Gasteiger partial charge is 0.397 e. The zero-order chi connectivity index (χ0) is 10.6. The average Bonchev–Trinajstić information content (AvgIpc) is 2.20. The summed E-state index contributed by atoms with van der Waals surface area (Å²) in [5, 5.41) is 12.5. The lowest BCUT2D eigenvalue weighted by molar-refractivity contribution is 0.183. The van der Waals surface area contributed by atoms with Crippen molar-refractivity contribution in [1.29, 1.82) is 0 Å². The Kier molecular flexibility index (Phi) is 3.77. The summed E-state index contributed by atoms with van der Waals surface area (Å²) in [6, 6.07) is 5.84. The minimum atomic E-state index is -0.310. The molecule has 0 fully saturated rings. The Hall–Kier alpha value is -1.22. The Balaban J connectivity index is 2.63. The zero-order valence-corrected chi connectivity index (χ0v) is 8.75. The minimum absolute atomic E-state index is 0.310. The highest BCUT2D eigenvalue weighted by molar-refractivity contribution is 5.69. The van der Waals surface area contributed by atoms with Crippen molar-refractivity contribution < 1.29 is 5.11 Å². The van der Waals surface area contributed by atoms with Crippen LogP contribution in [0.4, 0.5) is 11.4 Å². The van der Waals surface area contributed by atoms with Crippen molar-refractivity contribution in [3.8, 4) is 0 Å². The number of hydrogen-bond acceptors (Lipinski definition) is 3. The molecular formula is C11H18N2O. The van der Waals surface area contributed by atoms with Gasteiger partial charge in [-0.1, -0.05) is 19.1 Å². The highest BCUT2D eigenvalue weighted by atomic mass is 16.3. The highest BCUT2D eigenvalue weighted by Crippen LogP contribution is 2.21. The first kappa shape index (κ1) is 10.9. The SMILES string of the molecule is CCC(O)CNc1cccc(C)c1N. The molecule has 1 rings (SSSR count). The molecule has 0 aliphatic rings. The van der Waals surface area contributed by atoms with Gasteiger partial charge < -0.3 is 16.2 Å². The van der Waals surface area contributed by atoms with Crippen LogP contribution in [-0.2, 0) is 0 Å². The molecular weight excluding hydrogens is 176 g/mol. The molecule has 1 aromatic carbocycles. The molecule has 0 bridgehead atoms. The predicted molar refractivity (Wildman–Crippen MR) is 60.4 cm³/mol. The van der Waals surface area contributed by atoms with Crippen molar-refractivity contribution in [3.63, 3.8) is 0 Å². The first-order valence-corrected chi connectivity index (χ1v) is 4.92. The van der Waals surface area contributed by atoms with Crippen LogP contribution in [0.15, 0.2) is 18.2 Å². The van der Waals surface area contributed by atoms with Gasteiger partial charge in [0, 0.05) is 6.54 Å². The van der Waals surface area contributed by atoms with Crippen LogP contribution in [0.1, 0.15) is 18.9 Å². The second-order valence-corrected chi connectivity index (χ2v) is 3.48. The van der Waals surface area contributed by atoms with Gasteiger partial charge in [-0.25, -0.2) is 0 Å². The van der Waals surface area contributed by atoms with Crippen molar-refractivity contribution in [3.05, 3.63) is 23.8 Å². The van der Waals surface area contributed by atoms with Crippen molar-refractivity contribution in [2.75, 3.05) is 17.6 Å². The molecule has 1 aromatic rings. The maximum Gasteiger partial charge on any atom is 0.0709 e. The summed E-state index contributed by atoms with van der Waals surface area (Å²) in [6.07, 6.45) is 0.438. The maximum absolute atomic E-state index is 9.38. The van der Waals surface area contributed by atoms with Crippen molar-refractivity contribution in [2.45, 2.75) is 26.4 Å². The van der Waals surface area contributed by atoms with E-state index in [2.05, 4.69) is 5.32 Å². The number of nitrogens with two attached hydrogens (primary N) is 1. The Labute approximate surface area is 84.9 Å². The Bertz CT molecular complexity index is 299. The monoisotopic (exact) mass is 194 g/mol. The van der Waals surface area contributed by atoms with E-state index in [9.17, 15) is 5.11 Å². The Morgan fingerprint density at radius 1 is 1.50 bits per heavy atom. The molecule has 4 N–H and O–H groups in total. The molecule has 14 heavy (non-hydrogen) atoms. The number of nitrogens with one attached hydrogen (secondary N) is 1. The van der Waals surface area contributed by atoms with E-state index in [4.69, 9.17) is 5.73 Å². The van der Waals surface area contributed by atoms with E-state index in [0.29, 0.717) is 6.54 Å². The molecule has 0 spiro atoms. The fourth-order valence-corrected chi connectivity index (χ4v) is 1.21. The van der Waals surface area contributed by atoms with E-state index in [1.54, 1.807) is 0 Å². The predicted octanol–water partition coefficient (Wildman–Crippen LogP) is 1.76. The van der Waals surface area contributed by atoms with Crippen LogP contribution in [0.2, 0.25) is 0 Å². The molecule has 0 saturated carbocycles. The van der Waals surface area contributed by atoms with Crippen LogP contribution in [-0.4, -0.2) is 17.8 Å². The van der Waals surface area contributed by atoms with Crippen LogP contribution >= 0.6 is 0 Å². The summed E-state index contributed by atoms with van der Waals surface area (Å²) < 4.78 is 0. The van der Waals surface area contributed by atoms with E-state index in [-0.39, 0.29) is 6.10 Å². The molecule has 78 valence electrons. The quantitative estimate of drug-likeness (QED) is 0.640. The summed E-state index contributed by atoms with van der Waals surface area (Å²) >= 11 is 0. The first-order valence-electron chi connectivity index (χ1n) is 4.92. The lowest BCUT2D eigenvalue weighted by Gasteiger charge is -2.13. The lowest BCUT2D eigenvalue weighted by Crippen LogP contribution is -2.18. The number of benzene rings is 1. The zero-order valence-electron chi connectivity index (χ0n) is 8.75. The Morgan fingerprint density at radius 2 is 2.21 bits per heavy atom. The second kappa shape index (κ2) is 4.86. The number of aliphatic hydroxyl groups is 1. The molecule has 3 nitrogen and oxygen atoms in total. The Morgan fingerprint density at radius 3 is 2.86 bits per heavy atom. The number of anilines is 2. The summed E-state index contributed by atoms with van der Waals surface area (Å²) in [4.78, 5) is 0. The van der Waals surface area contributed by atoms with Crippen LogP contribution < -0.4 is 11.1 Å². The molecule has 3 heteroatoms. The van der Waals surface area contributed by atoms with Crippen LogP contribution in [0, 0.1) is 6.92 Å². The van der Waals surface area contributed by atoms with Crippen LogP contribution in [0.5, 0.6) is 0 Å². The smallest absolute Gasteiger partial charge is 0.0709 e. The summed E-state index contributed by atoms with van der Waals surface area (Å²) in [5.74, 6) is 0. The number of para-hydroxylation sites is 1. The average molecular weight is 194 g/mol. The van der Waals surface area contributed by atoms with E-state index >= 15 is 0 Å². The van der Waals surface area contributed by atoms with Crippen molar-refractivity contribution >= 4 is 11.4 Å². The molecule has 1 atom stereocenters. The van der Waals surface area contributed by atoms with E-state index in [1.807, 2.05) is 32.0 Å². The summed E-state index contributed by atoms with van der Waals surface area (Å²) in [7, 11) is 0. The van der Waals surface area contributed by atoms with Crippen LogP contribution in [0.25, 0.3) is 0 Å². The number of rotatable bonds is 4. The van der Waals surface area contributed by atoms with Gasteiger partial charge in [-0.15, -0.1) is 0 Å². The maximum atomic E-state index is 9.38. The second-order valence-electron chi connectivity index (χ2n) is 3.48. The molecule has 0 saturated heterocycles. The number of nitrogen functional groups attached to an aromatic ring is 1. The fraction of sp³-hybridized carbons (Fsp3) is 0.455. The normalized spacial score (nSPS) is 12.5. The third-order valence-electron chi connectivity index (χ3n) is 2.32. The third-order valence-corrected chi connectivity index (χ3v) is 2.32. The van der Waals surface area contributed by atoms with Gasteiger partial charge in [0.05, 0.1) is 17.5 Å². The fourth-order valence-electron chi connectivity index (χ4n) is 1.21. The third kappa shape index (κ3) is 2.64. The van der Waals surface area contributed by atoms with E-state index in [0.717, 1.165) is 23.4 Å². The van der Waals surface area contributed by atoms with Gasteiger partial charge in [-0.2, -0.15) is 0 Å². The van der Waals surface area contributed by atoms with Gasteiger partial charge in [-0.05, 0) is 25.0 Å². The topological polar surface area (TPSA) is 58.3 Å². The van der Waals surface area contributed by atoms with Crippen molar-refractivity contribution in [2.24, 2.45) is 0 Å². The standard InChI is InChI=1S/C11H18N2O/c1-3-9(14)7-13-10-6-4-5-8(2)11(10)12/h4-6,9,13-14H,3,7,12H2,1-2H3. The van der Waals surface area contributed by atoms with Crippen molar-refractivity contribution in [1.82, 2.24) is 0 Å². The highest BCUT2D eigenvalue weighted by Gasteiger charge is 2.03. The van der Waals surface area contributed by atoms with Gasteiger partial charge >= 0.3 is 0 Å². The molecule has 0 aromatic heterocycles. The number of aryl methyl sites for hydroxylation is 1. The number of aliphatic hydroxyl groups excluding tert-OH is 1. The molecule has 0 radical (unpaired) electrons. The van der Waals surface area contributed by atoms with Gasteiger partial charge in [0.15, 0.2) is 0 Å². The van der Waals surface area contributed by atoms with Gasteiger partial charge in [0.1, 0.15) is 0 Å². The van der Waals surface area contributed by atoms with Gasteiger partial charge in [0.25, 0.3) is 0 Å². The summed E-state index contributed by atoms with van der Waals surface area (Å²) in [5.41, 5.74) is 8.58. The molecule has 0 amide bonds. The molecule has 0 aliphatic heterocycles. The molecule has 0 aliphatic carbocycles. The minimum Gasteiger partial charge on any atom is -0.397 e.